The first-order chi connectivity index (χ1) is 13.2. The molecule has 2 aliphatic heterocycles. The van der Waals surface area contributed by atoms with Crippen LogP contribution < -0.4 is 4.74 Å². The van der Waals surface area contributed by atoms with Crippen LogP contribution in [0, 0.1) is 11.3 Å². The van der Waals surface area contributed by atoms with Gasteiger partial charge in [-0.1, -0.05) is 17.7 Å². The largest absolute Gasteiger partial charge is 0.463 e. The summed E-state index contributed by atoms with van der Waals surface area (Å²) in [6.07, 6.45) is 4.23. The van der Waals surface area contributed by atoms with Crippen molar-refractivity contribution >= 4 is 28.4 Å². The summed E-state index contributed by atoms with van der Waals surface area (Å²) in [6.45, 7) is 2.18. The van der Waals surface area contributed by atoms with Crippen LogP contribution in [0.1, 0.15) is 25.7 Å². The minimum Gasteiger partial charge on any atom is -0.463 e. The monoisotopic (exact) mass is 385 g/mol. The fourth-order valence-electron chi connectivity index (χ4n) is 3.81. The molecule has 3 heterocycles. The highest BCUT2D eigenvalue weighted by molar-refractivity contribution is 6.34. The molecule has 2 saturated heterocycles. The Morgan fingerprint density at radius 2 is 2.07 bits per heavy atom. The fourth-order valence-corrected chi connectivity index (χ4v) is 4.00. The molecule has 2 atom stereocenters. The van der Waals surface area contributed by atoms with E-state index in [-0.39, 0.29) is 11.9 Å². The third-order valence-corrected chi connectivity index (χ3v) is 5.49. The maximum Gasteiger partial charge on any atom is 0.280 e. The predicted molar refractivity (Wildman–Crippen MR) is 100 cm³/mol. The summed E-state index contributed by atoms with van der Waals surface area (Å²) >= 11 is 6.17. The number of fused-ring (bicyclic) bond motifs is 1. The van der Waals surface area contributed by atoms with Crippen LogP contribution in [0.2, 0.25) is 5.15 Å². The van der Waals surface area contributed by atoms with Gasteiger partial charge in [0.1, 0.15) is 28.8 Å². The minimum atomic E-state index is -0.763. The summed E-state index contributed by atoms with van der Waals surface area (Å²) in [5, 5.41) is 10.4. The highest BCUT2D eigenvalue weighted by Gasteiger charge is 2.38. The molecule has 2 fully saturated rings. The molecule has 0 spiro atoms. The second-order valence-electron chi connectivity index (χ2n) is 6.85. The molecule has 2 aliphatic rings. The Bertz CT molecular complexity index is 893. The van der Waals surface area contributed by atoms with Crippen molar-refractivity contribution in [2.45, 2.75) is 38.0 Å². The van der Waals surface area contributed by atoms with Crippen molar-refractivity contribution in [3.63, 3.8) is 0 Å². The van der Waals surface area contributed by atoms with Crippen molar-refractivity contribution in [1.29, 1.82) is 5.26 Å². The van der Waals surface area contributed by atoms with Gasteiger partial charge in [-0.05, 0) is 37.8 Å². The second kappa shape index (κ2) is 7.67. The molecule has 0 N–H and O–H groups in total. The molecular weight excluding hydrogens is 366 g/mol. The fraction of sp³-hybridized carbons (Fsp3) is 0.474. The van der Waals surface area contributed by atoms with Gasteiger partial charge in [0.25, 0.3) is 5.91 Å². The molecule has 0 radical (unpaired) electrons. The van der Waals surface area contributed by atoms with E-state index in [4.69, 9.17) is 16.3 Å². The minimum absolute atomic E-state index is 0.155. The number of nitriles is 1. The van der Waals surface area contributed by atoms with E-state index < -0.39 is 6.23 Å². The lowest BCUT2D eigenvalue weighted by atomic mass is 10.2. The standard InChI is InChI=1S/C19H20ClN5O2/c20-17-14-6-3-7-15(16(14)22-12-23-17)27-19(24-8-1-2-9-24)18(26)25-10-4-5-13(25)11-21/h3,6-7,12-13,19H,1-2,4-5,8-10H2/t13-,19-/m0/s1. The molecule has 4 rings (SSSR count). The van der Waals surface area contributed by atoms with E-state index >= 15 is 0 Å². The van der Waals surface area contributed by atoms with E-state index in [2.05, 4.69) is 16.0 Å². The number of carbonyl (C=O) groups excluding carboxylic acids is 1. The van der Waals surface area contributed by atoms with Gasteiger partial charge < -0.3 is 9.64 Å². The summed E-state index contributed by atoms with van der Waals surface area (Å²) in [5.74, 6) is 0.341. The van der Waals surface area contributed by atoms with Crippen molar-refractivity contribution in [1.82, 2.24) is 19.8 Å². The second-order valence-corrected chi connectivity index (χ2v) is 7.21. The Kier molecular flexibility index (Phi) is 5.10. The van der Waals surface area contributed by atoms with Crippen LogP contribution in [-0.4, -0.2) is 57.6 Å². The van der Waals surface area contributed by atoms with Crippen LogP contribution in [0.4, 0.5) is 0 Å². The van der Waals surface area contributed by atoms with Crippen LogP contribution in [0.3, 0.4) is 0 Å². The zero-order valence-electron chi connectivity index (χ0n) is 14.8. The molecule has 8 heteroatoms. The van der Waals surface area contributed by atoms with E-state index in [1.165, 1.54) is 6.33 Å². The number of para-hydroxylation sites is 1. The Morgan fingerprint density at radius 3 is 2.85 bits per heavy atom. The SMILES string of the molecule is N#C[C@@H]1CCCN1C(=O)[C@H](Oc1cccc2c(Cl)ncnc12)N1CCCC1. The number of hydrogen-bond acceptors (Lipinski definition) is 6. The summed E-state index contributed by atoms with van der Waals surface area (Å²) in [4.78, 5) is 25.2. The van der Waals surface area contributed by atoms with Gasteiger partial charge >= 0.3 is 0 Å². The molecule has 0 saturated carbocycles. The van der Waals surface area contributed by atoms with E-state index in [9.17, 15) is 10.1 Å². The van der Waals surface area contributed by atoms with E-state index in [0.717, 1.165) is 32.4 Å². The first kappa shape index (κ1) is 18.0. The molecule has 0 unspecified atom stereocenters. The van der Waals surface area contributed by atoms with Gasteiger partial charge in [-0.3, -0.25) is 9.69 Å². The van der Waals surface area contributed by atoms with E-state index in [1.807, 2.05) is 17.0 Å². The van der Waals surface area contributed by atoms with Crippen LogP contribution in [0.25, 0.3) is 10.9 Å². The zero-order valence-corrected chi connectivity index (χ0v) is 15.6. The number of aromatic nitrogens is 2. The van der Waals surface area contributed by atoms with Gasteiger partial charge in [-0.25, -0.2) is 9.97 Å². The van der Waals surface area contributed by atoms with Crippen molar-refractivity contribution in [3.8, 4) is 11.8 Å². The Hall–Kier alpha value is -2.43. The van der Waals surface area contributed by atoms with Gasteiger partial charge in [0, 0.05) is 25.0 Å². The van der Waals surface area contributed by atoms with Crippen LogP contribution in [0.15, 0.2) is 24.5 Å². The first-order valence-corrected chi connectivity index (χ1v) is 9.57. The molecule has 1 aromatic heterocycles. The van der Waals surface area contributed by atoms with Crippen LogP contribution >= 0.6 is 11.6 Å². The molecular formula is C19H20ClN5O2. The van der Waals surface area contributed by atoms with Crippen molar-refractivity contribution in [2.75, 3.05) is 19.6 Å². The van der Waals surface area contributed by atoms with Crippen molar-refractivity contribution in [3.05, 3.63) is 29.7 Å². The smallest absolute Gasteiger partial charge is 0.280 e. The predicted octanol–water partition coefficient (Wildman–Crippen LogP) is 2.60. The highest BCUT2D eigenvalue weighted by Crippen LogP contribution is 2.30. The molecule has 1 aromatic carbocycles. The van der Waals surface area contributed by atoms with Crippen LogP contribution in [-0.2, 0) is 4.79 Å². The quantitative estimate of drug-likeness (QED) is 0.752. The third-order valence-electron chi connectivity index (χ3n) is 5.19. The molecule has 0 bridgehead atoms. The van der Waals surface area contributed by atoms with Gasteiger partial charge in [-0.2, -0.15) is 5.26 Å². The number of benzene rings is 1. The Morgan fingerprint density at radius 1 is 1.26 bits per heavy atom. The molecule has 2 aromatic rings. The number of nitrogens with zero attached hydrogens (tertiary/aromatic N) is 5. The maximum absolute atomic E-state index is 13.3. The van der Waals surface area contributed by atoms with Gasteiger partial charge in [0.05, 0.1) is 6.07 Å². The number of ether oxygens (including phenoxy) is 1. The lowest BCUT2D eigenvalue weighted by Gasteiger charge is -2.31. The number of rotatable bonds is 4. The lowest BCUT2D eigenvalue weighted by molar-refractivity contribution is -0.147. The molecule has 27 heavy (non-hydrogen) atoms. The summed E-state index contributed by atoms with van der Waals surface area (Å²) < 4.78 is 6.21. The van der Waals surface area contributed by atoms with Gasteiger partial charge in [-0.15, -0.1) is 0 Å². The first-order valence-electron chi connectivity index (χ1n) is 9.19. The van der Waals surface area contributed by atoms with Crippen molar-refractivity contribution < 1.29 is 9.53 Å². The number of carbonyl (C=O) groups is 1. The number of amides is 1. The van der Waals surface area contributed by atoms with Crippen LogP contribution in [0.5, 0.6) is 5.75 Å². The molecule has 7 nitrogen and oxygen atoms in total. The number of likely N-dealkylation sites (tertiary alicyclic amines) is 2. The zero-order chi connectivity index (χ0) is 18.8. The third kappa shape index (κ3) is 3.43. The lowest BCUT2D eigenvalue weighted by Crippen LogP contribution is -2.52. The summed E-state index contributed by atoms with van der Waals surface area (Å²) in [5.41, 5.74) is 0.577. The highest BCUT2D eigenvalue weighted by atomic mass is 35.5. The Balaban J connectivity index is 1.67. The topological polar surface area (TPSA) is 82.3 Å². The number of hydrogen-bond donors (Lipinski definition) is 0. The van der Waals surface area contributed by atoms with Crippen molar-refractivity contribution in [2.24, 2.45) is 0 Å². The summed E-state index contributed by atoms with van der Waals surface area (Å²) in [7, 11) is 0. The average Bonchev–Trinajstić information content (AvgIpc) is 3.37. The molecule has 0 aliphatic carbocycles. The number of halogens is 1. The van der Waals surface area contributed by atoms with Gasteiger partial charge in [0.2, 0.25) is 6.23 Å². The van der Waals surface area contributed by atoms with Gasteiger partial charge in [0.15, 0.2) is 0 Å². The maximum atomic E-state index is 13.3. The molecule has 1 amide bonds. The average molecular weight is 386 g/mol. The van der Waals surface area contributed by atoms with E-state index in [1.54, 1.807) is 11.0 Å². The Labute approximate surface area is 162 Å². The normalized spacial score (nSPS) is 21.3. The van der Waals surface area contributed by atoms with E-state index in [0.29, 0.717) is 34.8 Å². The summed E-state index contributed by atoms with van der Waals surface area (Å²) in [6, 6.07) is 7.28. The molecule has 140 valence electrons.